The van der Waals surface area contributed by atoms with Gasteiger partial charge in [0.05, 0.1) is 19.6 Å². The monoisotopic (exact) mass is 437 g/mol. The molecule has 5 nitrogen and oxygen atoms in total. The van der Waals surface area contributed by atoms with Crippen LogP contribution in [0.1, 0.15) is 56.1 Å². The number of likely N-dealkylation sites (tertiary alicyclic amines) is 1. The Hall–Kier alpha value is -2.53. The molecule has 1 saturated heterocycles. The van der Waals surface area contributed by atoms with Crippen molar-refractivity contribution in [3.8, 4) is 11.5 Å². The summed E-state index contributed by atoms with van der Waals surface area (Å²) in [6.45, 7) is 5.30. The van der Waals surface area contributed by atoms with E-state index >= 15 is 0 Å². The van der Waals surface area contributed by atoms with E-state index in [0.717, 1.165) is 49.5 Å². The number of carbonyl (C=O) groups is 1. The minimum absolute atomic E-state index is 0.137. The lowest BCUT2D eigenvalue weighted by Crippen LogP contribution is -2.24. The van der Waals surface area contributed by atoms with Crippen LogP contribution >= 0.6 is 0 Å². The van der Waals surface area contributed by atoms with Gasteiger partial charge < -0.3 is 19.1 Å². The van der Waals surface area contributed by atoms with Gasteiger partial charge in [0.1, 0.15) is 6.61 Å². The summed E-state index contributed by atoms with van der Waals surface area (Å²) in [5.41, 5.74) is 2.31. The number of carbonyl (C=O) groups excluding carboxylic acids is 1. The van der Waals surface area contributed by atoms with Crippen LogP contribution < -0.4 is 9.47 Å². The van der Waals surface area contributed by atoms with Gasteiger partial charge in [-0.15, -0.1) is 0 Å². The lowest BCUT2D eigenvalue weighted by atomic mass is 9.90. The maximum atomic E-state index is 12.2. The Morgan fingerprint density at radius 2 is 1.81 bits per heavy atom. The van der Waals surface area contributed by atoms with E-state index < -0.39 is 0 Å². The van der Waals surface area contributed by atoms with E-state index in [1.54, 1.807) is 7.11 Å². The van der Waals surface area contributed by atoms with Crippen LogP contribution in [0.5, 0.6) is 11.5 Å². The predicted molar refractivity (Wildman–Crippen MR) is 125 cm³/mol. The lowest BCUT2D eigenvalue weighted by molar-refractivity contribution is -0.145. The quantitative estimate of drug-likeness (QED) is 0.506. The van der Waals surface area contributed by atoms with Crippen LogP contribution in [0.3, 0.4) is 0 Å². The zero-order valence-electron chi connectivity index (χ0n) is 19.3. The Balaban J connectivity index is 1.31. The molecule has 4 rings (SSSR count). The van der Waals surface area contributed by atoms with E-state index in [0.29, 0.717) is 31.0 Å². The molecular formula is C27H35NO4. The van der Waals surface area contributed by atoms with Gasteiger partial charge in [0.25, 0.3) is 0 Å². The molecule has 2 aromatic carbocycles. The molecule has 0 spiro atoms. The summed E-state index contributed by atoms with van der Waals surface area (Å²) in [4.78, 5) is 14.6. The van der Waals surface area contributed by atoms with Gasteiger partial charge in [0.15, 0.2) is 11.5 Å². The zero-order valence-corrected chi connectivity index (χ0v) is 19.3. The molecule has 0 radical (unpaired) electrons. The molecule has 0 N–H and O–H groups in total. The van der Waals surface area contributed by atoms with Crippen LogP contribution in [-0.4, -0.2) is 43.7 Å². The molecular weight excluding hydrogens is 402 g/mol. The van der Waals surface area contributed by atoms with Crippen molar-refractivity contribution in [1.29, 1.82) is 0 Å². The number of nitrogens with zero attached hydrogens (tertiary/aromatic N) is 1. The first-order valence-electron chi connectivity index (χ1n) is 11.9. The largest absolute Gasteiger partial charge is 0.493 e. The van der Waals surface area contributed by atoms with Gasteiger partial charge in [-0.1, -0.05) is 43.3 Å². The number of methoxy groups -OCH3 is 1. The Morgan fingerprint density at radius 3 is 2.56 bits per heavy atom. The van der Waals surface area contributed by atoms with Crippen molar-refractivity contribution < 1.29 is 19.0 Å². The standard InChI is InChI=1S/C27H35NO4/c1-20-17-28(15-14-27(29)31-19-21-8-4-3-5-9-21)18-24(20)22-12-13-25(30-2)26(16-22)32-23-10-6-7-11-23/h3-5,8-9,12-13,16,20,23-24H,6-7,10-11,14-15,17-19H2,1-2H3/t20-,24+/m0/s1. The number of rotatable bonds is 9. The Labute approximate surface area is 191 Å². The number of hydrogen-bond donors (Lipinski definition) is 0. The molecule has 2 aromatic rings. The lowest BCUT2D eigenvalue weighted by Gasteiger charge is -2.20. The van der Waals surface area contributed by atoms with Crippen molar-refractivity contribution in [1.82, 2.24) is 4.90 Å². The summed E-state index contributed by atoms with van der Waals surface area (Å²) in [6.07, 6.45) is 5.47. The fraction of sp³-hybridized carbons (Fsp3) is 0.519. The van der Waals surface area contributed by atoms with E-state index in [1.807, 2.05) is 36.4 Å². The normalized spacial score (nSPS) is 21.6. The van der Waals surface area contributed by atoms with Gasteiger partial charge in [-0.05, 0) is 54.9 Å². The SMILES string of the molecule is COc1ccc([C@@H]2CN(CCC(=O)OCc3ccccc3)C[C@@H]2C)cc1OC1CCCC1. The van der Waals surface area contributed by atoms with Crippen molar-refractivity contribution in [2.75, 3.05) is 26.7 Å². The molecule has 32 heavy (non-hydrogen) atoms. The molecule has 172 valence electrons. The Bertz CT molecular complexity index is 878. The maximum Gasteiger partial charge on any atom is 0.307 e. The van der Waals surface area contributed by atoms with Gasteiger partial charge in [0.2, 0.25) is 0 Å². The number of ether oxygens (including phenoxy) is 3. The van der Waals surface area contributed by atoms with Gasteiger partial charge in [0, 0.05) is 25.6 Å². The Morgan fingerprint density at radius 1 is 1.03 bits per heavy atom. The van der Waals surface area contributed by atoms with Crippen molar-refractivity contribution in [2.24, 2.45) is 5.92 Å². The first-order chi connectivity index (χ1) is 15.6. The fourth-order valence-corrected chi connectivity index (χ4v) is 4.95. The zero-order chi connectivity index (χ0) is 22.3. The molecule has 0 amide bonds. The molecule has 2 atom stereocenters. The van der Waals surface area contributed by atoms with Gasteiger partial charge >= 0.3 is 5.97 Å². The second-order valence-corrected chi connectivity index (χ2v) is 9.17. The molecule has 0 aromatic heterocycles. The molecule has 2 aliphatic rings. The van der Waals surface area contributed by atoms with Gasteiger partial charge in [-0.2, -0.15) is 0 Å². The number of hydrogen-bond acceptors (Lipinski definition) is 5. The Kier molecular flexibility index (Phi) is 7.69. The molecule has 2 fully saturated rings. The third-order valence-corrected chi connectivity index (χ3v) is 6.77. The second kappa shape index (κ2) is 10.9. The summed E-state index contributed by atoms with van der Waals surface area (Å²) in [7, 11) is 1.70. The highest BCUT2D eigenvalue weighted by atomic mass is 16.5. The second-order valence-electron chi connectivity index (χ2n) is 9.17. The predicted octanol–water partition coefficient (Wildman–Crippen LogP) is 5.19. The van der Waals surface area contributed by atoms with Crippen LogP contribution in [-0.2, 0) is 16.1 Å². The highest BCUT2D eigenvalue weighted by Crippen LogP contribution is 2.38. The summed E-state index contributed by atoms with van der Waals surface area (Å²) < 4.78 is 17.3. The fourth-order valence-electron chi connectivity index (χ4n) is 4.95. The minimum atomic E-state index is -0.137. The molecule has 1 aliphatic heterocycles. The molecule has 0 bridgehead atoms. The molecule has 1 aliphatic carbocycles. The highest BCUT2D eigenvalue weighted by molar-refractivity contribution is 5.69. The molecule has 0 unspecified atom stereocenters. The average molecular weight is 438 g/mol. The van der Waals surface area contributed by atoms with Crippen molar-refractivity contribution in [3.05, 3.63) is 59.7 Å². The number of benzene rings is 2. The summed E-state index contributed by atoms with van der Waals surface area (Å²) in [5, 5.41) is 0. The van der Waals surface area contributed by atoms with Crippen LogP contribution in [0, 0.1) is 5.92 Å². The first-order valence-corrected chi connectivity index (χ1v) is 11.9. The number of esters is 1. The van der Waals surface area contributed by atoms with Gasteiger partial charge in [-0.3, -0.25) is 4.79 Å². The first kappa shape index (κ1) is 22.7. The smallest absolute Gasteiger partial charge is 0.307 e. The van der Waals surface area contributed by atoms with E-state index in [1.165, 1.54) is 18.4 Å². The maximum absolute atomic E-state index is 12.2. The summed E-state index contributed by atoms with van der Waals surface area (Å²) >= 11 is 0. The van der Waals surface area contributed by atoms with Crippen molar-refractivity contribution in [3.63, 3.8) is 0 Å². The van der Waals surface area contributed by atoms with Crippen molar-refractivity contribution >= 4 is 5.97 Å². The average Bonchev–Trinajstić information content (AvgIpc) is 3.46. The van der Waals surface area contributed by atoms with Crippen LogP contribution in [0.4, 0.5) is 0 Å². The van der Waals surface area contributed by atoms with E-state index in [-0.39, 0.29) is 5.97 Å². The van der Waals surface area contributed by atoms with Crippen LogP contribution in [0.15, 0.2) is 48.5 Å². The van der Waals surface area contributed by atoms with E-state index in [4.69, 9.17) is 14.2 Å². The summed E-state index contributed by atoms with van der Waals surface area (Å²) in [5.74, 6) is 2.48. The minimum Gasteiger partial charge on any atom is -0.493 e. The van der Waals surface area contributed by atoms with Crippen LogP contribution in [0.25, 0.3) is 0 Å². The third-order valence-electron chi connectivity index (χ3n) is 6.77. The van der Waals surface area contributed by atoms with Crippen LogP contribution in [0.2, 0.25) is 0 Å². The van der Waals surface area contributed by atoms with E-state index in [2.05, 4.69) is 24.0 Å². The molecule has 1 heterocycles. The highest BCUT2D eigenvalue weighted by Gasteiger charge is 2.31. The molecule has 5 heteroatoms. The van der Waals surface area contributed by atoms with Gasteiger partial charge in [-0.25, -0.2) is 0 Å². The topological polar surface area (TPSA) is 48.0 Å². The summed E-state index contributed by atoms with van der Waals surface area (Å²) in [6, 6.07) is 16.2. The van der Waals surface area contributed by atoms with Crippen molar-refractivity contribution in [2.45, 2.75) is 57.7 Å². The third kappa shape index (κ3) is 5.83. The van der Waals surface area contributed by atoms with E-state index in [9.17, 15) is 4.79 Å². The molecule has 1 saturated carbocycles.